The monoisotopic (exact) mass is 251 g/mol. The minimum atomic E-state index is -0.680. The summed E-state index contributed by atoms with van der Waals surface area (Å²) in [5.74, 6) is -0.210. The van der Waals surface area contributed by atoms with Gasteiger partial charge in [-0.2, -0.15) is 0 Å². The molecule has 1 atom stereocenters. The summed E-state index contributed by atoms with van der Waals surface area (Å²) in [6.07, 6.45) is 0.402. The van der Waals surface area contributed by atoms with Gasteiger partial charge in [0, 0.05) is 0 Å². The molecule has 0 aliphatic heterocycles. The molecule has 0 aliphatic carbocycles. The first-order chi connectivity index (χ1) is 8.25. The highest BCUT2D eigenvalue weighted by atomic mass is 16.5. The van der Waals surface area contributed by atoms with E-state index in [9.17, 15) is 9.90 Å². The van der Waals surface area contributed by atoms with E-state index in [2.05, 4.69) is 25.5 Å². The van der Waals surface area contributed by atoms with Crippen molar-refractivity contribution in [2.45, 2.75) is 38.6 Å². The molecule has 18 heavy (non-hydrogen) atoms. The third-order valence-electron chi connectivity index (χ3n) is 2.85. The molecule has 0 bridgehead atoms. The molecule has 0 saturated heterocycles. The molecule has 4 heteroatoms. The van der Waals surface area contributed by atoms with E-state index in [1.54, 1.807) is 18.2 Å². The third-order valence-corrected chi connectivity index (χ3v) is 2.85. The molecule has 4 nitrogen and oxygen atoms in total. The number of methoxy groups -OCH3 is 1. The zero-order chi connectivity index (χ0) is 13.9. The topological polar surface area (TPSA) is 72.5 Å². The van der Waals surface area contributed by atoms with Gasteiger partial charge in [0.25, 0.3) is 0 Å². The van der Waals surface area contributed by atoms with Gasteiger partial charge in [0.15, 0.2) is 0 Å². The molecule has 0 fully saturated rings. The fraction of sp³-hybridized carbons (Fsp3) is 0.500. The highest BCUT2D eigenvalue weighted by Gasteiger charge is 2.22. The van der Waals surface area contributed by atoms with Gasteiger partial charge in [0.05, 0.1) is 7.11 Å². The highest BCUT2D eigenvalue weighted by molar-refractivity contribution is 5.75. The number of hydrogen-bond acceptors (Lipinski definition) is 4. The summed E-state index contributed by atoms with van der Waals surface area (Å²) >= 11 is 0. The summed E-state index contributed by atoms with van der Waals surface area (Å²) in [7, 11) is 1.32. The third kappa shape index (κ3) is 3.47. The van der Waals surface area contributed by atoms with Crippen molar-refractivity contribution < 1.29 is 14.6 Å². The van der Waals surface area contributed by atoms with Crippen LogP contribution in [0.4, 0.5) is 0 Å². The van der Waals surface area contributed by atoms with Crippen LogP contribution in [0.5, 0.6) is 5.75 Å². The summed E-state index contributed by atoms with van der Waals surface area (Å²) in [5, 5.41) is 9.57. The Morgan fingerprint density at radius 3 is 2.56 bits per heavy atom. The molecule has 0 aliphatic rings. The lowest BCUT2D eigenvalue weighted by Crippen LogP contribution is -2.34. The standard InChI is InChI=1S/C14H21NO3/c1-14(2,3)11-8-10(16)6-5-9(11)7-12(15)13(17)18-4/h5-6,8,12,16H,7,15H2,1-4H3. The number of carbonyl (C=O) groups excluding carboxylic acids is 1. The van der Waals surface area contributed by atoms with Crippen molar-refractivity contribution in [1.29, 1.82) is 0 Å². The van der Waals surface area contributed by atoms with Gasteiger partial charge >= 0.3 is 5.97 Å². The molecule has 1 aromatic carbocycles. The fourth-order valence-corrected chi connectivity index (χ4v) is 1.91. The highest BCUT2D eigenvalue weighted by Crippen LogP contribution is 2.29. The van der Waals surface area contributed by atoms with Gasteiger partial charge in [0.2, 0.25) is 0 Å². The summed E-state index contributed by atoms with van der Waals surface area (Å²) < 4.78 is 4.62. The first-order valence-electron chi connectivity index (χ1n) is 5.91. The molecule has 1 aromatic rings. The molecular weight excluding hydrogens is 230 g/mol. The molecule has 0 heterocycles. The van der Waals surface area contributed by atoms with Crippen molar-refractivity contribution in [3.63, 3.8) is 0 Å². The number of ether oxygens (including phenoxy) is 1. The Morgan fingerprint density at radius 1 is 1.44 bits per heavy atom. The number of hydrogen-bond donors (Lipinski definition) is 2. The van der Waals surface area contributed by atoms with E-state index in [4.69, 9.17) is 5.73 Å². The van der Waals surface area contributed by atoms with Crippen LogP contribution >= 0.6 is 0 Å². The average Bonchev–Trinajstić information content (AvgIpc) is 2.28. The normalized spacial score (nSPS) is 13.2. The number of phenolic OH excluding ortho intramolecular Hbond substituents is 1. The second-order valence-corrected chi connectivity index (χ2v) is 5.43. The van der Waals surface area contributed by atoms with E-state index in [-0.39, 0.29) is 11.2 Å². The van der Waals surface area contributed by atoms with Gasteiger partial charge in [-0.3, -0.25) is 4.79 Å². The number of nitrogens with two attached hydrogens (primary N) is 1. The van der Waals surface area contributed by atoms with Crippen molar-refractivity contribution in [3.8, 4) is 5.75 Å². The predicted molar refractivity (Wildman–Crippen MR) is 70.5 cm³/mol. The zero-order valence-corrected chi connectivity index (χ0v) is 11.4. The van der Waals surface area contributed by atoms with Crippen molar-refractivity contribution in [1.82, 2.24) is 0 Å². The summed E-state index contributed by atoms with van der Waals surface area (Å²) in [6, 6.07) is 4.45. The van der Waals surface area contributed by atoms with Crippen LogP contribution in [0.25, 0.3) is 0 Å². The Kier molecular flexibility index (Phi) is 4.35. The van der Waals surface area contributed by atoms with E-state index in [1.807, 2.05) is 0 Å². The van der Waals surface area contributed by atoms with Crippen molar-refractivity contribution in [2.24, 2.45) is 5.73 Å². The van der Waals surface area contributed by atoms with Crippen molar-refractivity contribution >= 4 is 5.97 Å². The van der Waals surface area contributed by atoms with Gasteiger partial charge in [-0.25, -0.2) is 0 Å². The molecule has 0 saturated carbocycles. The van der Waals surface area contributed by atoms with E-state index in [0.29, 0.717) is 6.42 Å². The summed E-state index contributed by atoms with van der Waals surface area (Å²) in [4.78, 5) is 11.3. The number of phenols is 1. The summed E-state index contributed by atoms with van der Waals surface area (Å²) in [6.45, 7) is 6.15. The smallest absolute Gasteiger partial charge is 0.322 e. The molecule has 0 amide bonds. The minimum absolute atomic E-state index is 0.121. The van der Waals surface area contributed by atoms with Crippen molar-refractivity contribution in [3.05, 3.63) is 29.3 Å². The van der Waals surface area contributed by atoms with Gasteiger partial charge in [-0.05, 0) is 35.1 Å². The molecule has 0 radical (unpaired) electrons. The lowest BCUT2D eigenvalue weighted by Gasteiger charge is -2.24. The van der Waals surface area contributed by atoms with Crippen LogP contribution in [0.2, 0.25) is 0 Å². The predicted octanol–water partition coefficient (Wildman–Crippen LogP) is 1.73. The fourth-order valence-electron chi connectivity index (χ4n) is 1.91. The quantitative estimate of drug-likeness (QED) is 0.802. The van der Waals surface area contributed by atoms with Crippen LogP contribution in [0.15, 0.2) is 18.2 Å². The molecular formula is C14H21NO3. The van der Waals surface area contributed by atoms with Crippen LogP contribution in [0.3, 0.4) is 0 Å². The van der Waals surface area contributed by atoms with Crippen LogP contribution in [0.1, 0.15) is 31.9 Å². The van der Waals surface area contributed by atoms with Crippen molar-refractivity contribution in [2.75, 3.05) is 7.11 Å². The number of aromatic hydroxyl groups is 1. The Labute approximate surface area is 108 Å². The number of carbonyl (C=O) groups is 1. The Morgan fingerprint density at radius 2 is 2.06 bits per heavy atom. The van der Waals surface area contributed by atoms with E-state index < -0.39 is 12.0 Å². The van der Waals surface area contributed by atoms with Gasteiger partial charge in [-0.1, -0.05) is 26.8 Å². The van der Waals surface area contributed by atoms with Crippen LogP contribution in [-0.2, 0) is 21.4 Å². The molecule has 0 spiro atoms. The molecule has 3 N–H and O–H groups in total. The second-order valence-electron chi connectivity index (χ2n) is 5.43. The molecule has 100 valence electrons. The molecule has 1 unspecified atom stereocenters. The number of esters is 1. The minimum Gasteiger partial charge on any atom is -0.508 e. The van der Waals surface area contributed by atoms with E-state index >= 15 is 0 Å². The van der Waals surface area contributed by atoms with Crippen LogP contribution in [0, 0.1) is 0 Å². The number of benzene rings is 1. The van der Waals surface area contributed by atoms with Crippen LogP contribution < -0.4 is 5.73 Å². The number of rotatable bonds is 3. The first-order valence-corrected chi connectivity index (χ1v) is 5.91. The van der Waals surface area contributed by atoms with E-state index in [0.717, 1.165) is 11.1 Å². The maximum Gasteiger partial charge on any atom is 0.322 e. The lowest BCUT2D eigenvalue weighted by molar-refractivity contribution is -0.142. The Hall–Kier alpha value is -1.55. The molecule has 0 aromatic heterocycles. The van der Waals surface area contributed by atoms with E-state index in [1.165, 1.54) is 7.11 Å². The summed E-state index contributed by atoms with van der Waals surface area (Å²) in [5.41, 5.74) is 7.60. The maximum atomic E-state index is 11.3. The maximum absolute atomic E-state index is 11.3. The van der Waals surface area contributed by atoms with Crippen LogP contribution in [-0.4, -0.2) is 24.2 Å². The van der Waals surface area contributed by atoms with Gasteiger partial charge in [-0.15, -0.1) is 0 Å². The second kappa shape index (κ2) is 5.40. The Bertz CT molecular complexity index is 435. The average molecular weight is 251 g/mol. The first kappa shape index (κ1) is 14.5. The van der Waals surface area contributed by atoms with Gasteiger partial charge < -0.3 is 15.6 Å². The lowest BCUT2D eigenvalue weighted by atomic mass is 9.82. The zero-order valence-electron chi connectivity index (χ0n) is 11.4. The largest absolute Gasteiger partial charge is 0.508 e. The Balaban J connectivity index is 3.06. The SMILES string of the molecule is COC(=O)C(N)Cc1ccc(O)cc1C(C)(C)C. The molecule has 1 rings (SSSR count). The van der Waals surface area contributed by atoms with Gasteiger partial charge in [0.1, 0.15) is 11.8 Å².